The number of nitrogens with zero attached hydrogens (tertiary/aromatic N) is 1. The Bertz CT molecular complexity index is 407. The van der Waals surface area contributed by atoms with Crippen LogP contribution < -0.4 is 9.64 Å². The van der Waals surface area contributed by atoms with Crippen LogP contribution in [0.3, 0.4) is 0 Å². The summed E-state index contributed by atoms with van der Waals surface area (Å²) in [6.45, 7) is 5.06. The van der Waals surface area contributed by atoms with Crippen molar-refractivity contribution < 1.29 is 9.84 Å². The Morgan fingerprint density at radius 2 is 2.24 bits per heavy atom. The van der Waals surface area contributed by atoms with Gasteiger partial charge in [-0.25, -0.2) is 0 Å². The van der Waals surface area contributed by atoms with E-state index in [1.165, 1.54) is 0 Å². The van der Waals surface area contributed by atoms with Crippen molar-refractivity contribution in [2.24, 2.45) is 0 Å². The zero-order valence-corrected chi connectivity index (χ0v) is 10.6. The molecule has 1 rings (SSSR count). The largest absolute Gasteiger partial charge is 0.496 e. The minimum Gasteiger partial charge on any atom is -0.496 e. The van der Waals surface area contributed by atoms with Gasteiger partial charge in [-0.1, -0.05) is 12.0 Å². The Morgan fingerprint density at radius 3 is 2.71 bits per heavy atom. The predicted octanol–water partition coefficient (Wildman–Crippen LogP) is 2.21. The SMILES string of the molecule is C#CCN(CC)c1cccc(OC)c1C(C)O. The summed E-state index contributed by atoms with van der Waals surface area (Å²) in [5.74, 6) is 3.31. The van der Waals surface area contributed by atoms with Crippen LogP contribution in [-0.4, -0.2) is 25.3 Å². The van der Waals surface area contributed by atoms with Gasteiger partial charge in [-0.15, -0.1) is 6.42 Å². The van der Waals surface area contributed by atoms with E-state index in [1.54, 1.807) is 14.0 Å². The number of terminal acetylenes is 1. The maximum atomic E-state index is 9.87. The summed E-state index contributed by atoms with van der Waals surface area (Å²) in [7, 11) is 1.60. The first-order valence-electron chi connectivity index (χ1n) is 5.69. The fourth-order valence-corrected chi connectivity index (χ4v) is 1.88. The lowest BCUT2D eigenvalue weighted by molar-refractivity contribution is 0.194. The molecule has 3 nitrogen and oxygen atoms in total. The van der Waals surface area contributed by atoms with E-state index in [2.05, 4.69) is 5.92 Å². The van der Waals surface area contributed by atoms with Gasteiger partial charge < -0.3 is 14.7 Å². The molecule has 92 valence electrons. The van der Waals surface area contributed by atoms with Gasteiger partial charge in [0.15, 0.2) is 0 Å². The number of aliphatic hydroxyl groups excluding tert-OH is 1. The van der Waals surface area contributed by atoms with Gasteiger partial charge >= 0.3 is 0 Å². The molecule has 0 aromatic heterocycles. The van der Waals surface area contributed by atoms with Crippen LogP contribution in [-0.2, 0) is 0 Å². The summed E-state index contributed by atoms with van der Waals surface area (Å²) in [6, 6.07) is 5.69. The minimum absolute atomic E-state index is 0.517. The van der Waals surface area contributed by atoms with Gasteiger partial charge in [0.05, 0.1) is 19.8 Å². The molecule has 1 atom stereocenters. The molecule has 0 amide bonds. The quantitative estimate of drug-likeness (QED) is 0.791. The standard InChI is InChI=1S/C14H19NO2/c1-5-10-15(6-2)12-8-7-9-13(17-4)14(12)11(3)16/h1,7-9,11,16H,6,10H2,2-4H3. The number of hydrogen-bond donors (Lipinski definition) is 1. The van der Waals surface area contributed by atoms with Gasteiger partial charge in [0.1, 0.15) is 5.75 Å². The molecule has 1 aromatic rings. The van der Waals surface area contributed by atoms with E-state index in [4.69, 9.17) is 11.2 Å². The molecular formula is C14H19NO2. The van der Waals surface area contributed by atoms with E-state index in [0.29, 0.717) is 12.3 Å². The summed E-state index contributed by atoms with van der Waals surface area (Å²) in [5.41, 5.74) is 1.71. The van der Waals surface area contributed by atoms with Gasteiger partial charge in [-0.3, -0.25) is 0 Å². The molecule has 0 spiro atoms. The van der Waals surface area contributed by atoms with Crippen molar-refractivity contribution in [1.82, 2.24) is 0 Å². The normalized spacial score (nSPS) is 11.7. The zero-order valence-electron chi connectivity index (χ0n) is 10.6. The van der Waals surface area contributed by atoms with Crippen LogP contribution in [0.25, 0.3) is 0 Å². The van der Waals surface area contributed by atoms with Crippen molar-refractivity contribution in [1.29, 1.82) is 0 Å². The molecule has 0 aliphatic carbocycles. The second-order valence-corrected chi connectivity index (χ2v) is 3.79. The van der Waals surface area contributed by atoms with Crippen LogP contribution in [0.15, 0.2) is 18.2 Å². The van der Waals surface area contributed by atoms with E-state index in [-0.39, 0.29) is 0 Å². The number of aliphatic hydroxyl groups is 1. The predicted molar refractivity (Wildman–Crippen MR) is 70.3 cm³/mol. The molecule has 1 aromatic carbocycles. The monoisotopic (exact) mass is 233 g/mol. The maximum absolute atomic E-state index is 9.87. The first-order chi connectivity index (χ1) is 8.15. The van der Waals surface area contributed by atoms with Crippen molar-refractivity contribution >= 4 is 5.69 Å². The highest BCUT2D eigenvalue weighted by molar-refractivity contribution is 5.60. The van der Waals surface area contributed by atoms with Crippen LogP contribution >= 0.6 is 0 Å². The minimum atomic E-state index is -0.590. The molecule has 0 heterocycles. The van der Waals surface area contributed by atoms with E-state index >= 15 is 0 Å². The molecule has 1 unspecified atom stereocenters. The number of benzene rings is 1. The van der Waals surface area contributed by atoms with E-state index < -0.39 is 6.10 Å². The van der Waals surface area contributed by atoms with Crippen LogP contribution in [0, 0.1) is 12.3 Å². The Kier molecular flexibility index (Phi) is 4.86. The van der Waals surface area contributed by atoms with Gasteiger partial charge in [-0.05, 0) is 26.0 Å². The second kappa shape index (κ2) is 6.17. The molecule has 0 aliphatic rings. The molecule has 0 saturated heterocycles. The molecule has 0 saturated carbocycles. The molecule has 3 heteroatoms. The average Bonchev–Trinajstić information content (AvgIpc) is 2.34. The Labute approximate surface area is 103 Å². The lowest BCUT2D eigenvalue weighted by Crippen LogP contribution is -2.24. The van der Waals surface area contributed by atoms with Gasteiger partial charge in [0, 0.05) is 17.8 Å². The van der Waals surface area contributed by atoms with Crippen LogP contribution in [0.1, 0.15) is 25.5 Å². The smallest absolute Gasteiger partial charge is 0.126 e. The van der Waals surface area contributed by atoms with Crippen molar-refractivity contribution in [3.05, 3.63) is 23.8 Å². The molecular weight excluding hydrogens is 214 g/mol. The van der Waals surface area contributed by atoms with Gasteiger partial charge in [-0.2, -0.15) is 0 Å². The third kappa shape index (κ3) is 2.92. The van der Waals surface area contributed by atoms with Crippen LogP contribution in [0.5, 0.6) is 5.75 Å². The topological polar surface area (TPSA) is 32.7 Å². The van der Waals surface area contributed by atoms with Crippen molar-refractivity contribution in [3.8, 4) is 18.1 Å². The number of rotatable bonds is 5. The molecule has 0 aliphatic heterocycles. The van der Waals surface area contributed by atoms with Crippen LogP contribution in [0.2, 0.25) is 0 Å². The fraction of sp³-hybridized carbons (Fsp3) is 0.429. The first-order valence-corrected chi connectivity index (χ1v) is 5.69. The molecule has 17 heavy (non-hydrogen) atoms. The number of ether oxygens (including phenoxy) is 1. The Morgan fingerprint density at radius 1 is 1.53 bits per heavy atom. The number of methoxy groups -OCH3 is 1. The Balaban J connectivity index is 3.26. The number of anilines is 1. The molecule has 0 bridgehead atoms. The highest BCUT2D eigenvalue weighted by Gasteiger charge is 2.17. The van der Waals surface area contributed by atoms with Gasteiger partial charge in [0.2, 0.25) is 0 Å². The van der Waals surface area contributed by atoms with E-state index in [1.807, 2.05) is 30.0 Å². The van der Waals surface area contributed by atoms with Crippen LogP contribution in [0.4, 0.5) is 5.69 Å². The number of hydrogen-bond acceptors (Lipinski definition) is 3. The second-order valence-electron chi connectivity index (χ2n) is 3.79. The van der Waals surface area contributed by atoms with Crippen molar-refractivity contribution in [2.75, 3.05) is 25.1 Å². The molecule has 1 N–H and O–H groups in total. The highest BCUT2D eigenvalue weighted by atomic mass is 16.5. The maximum Gasteiger partial charge on any atom is 0.126 e. The third-order valence-electron chi connectivity index (χ3n) is 2.69. The van der Waals surface area contributed by atoms with Gasteiger partial charge in [0.25, 0.3) is 0 Å². The summed E-state index contributed by atoms with van der Waals surface area (Å²) < 4.78 is 5.28. The highest BCUT2D eigenvalue weighted by Crippen LogP contribution is 2.34. The lowest BCUT2D eigenvalue weighted by atomic mass is 10.1. The third-order valence-corrected chi connectivity index (χ3v) is 2.69. The summed E-state index contributed by atoms with van der Waals surface area (Å²) in [4.78, 5) is 2.03. The summed E-state index contributed by atoms with van der Waals surface area (Å²) in [5, 5.41) is 9.87. The molecule has 0 radical (unpaired) electrons. The summed E-state index contributed by atoms with van der Waals surface area (Å²) >= 11 is 0. The first kappa shape index (κ1) is 13.4. The zero-order chi connectivity index (χ0) is 12.8. The van der Waals surface area contributed by atoms with Crippen molar-refractivity contribution in [3.63, 3.8) is 0 Å². The van der Waals surface area contributed by atoms with E-state index in [9.17, 15) is 5.11 Å². The average molecular weight is 233 g/mol. The lowest BCUT2D eigenvalue weighted by Gasteiger charge is -2.25. The molecule has 0 fully saturated rings. The summed E-state index contributed by atoms with van der Waals surface area (Å²) in [6.07, 6.45) is 4.76. The van der Waals surface area contributed by atoms with E-state index in [0.717, 1.165) is 17.8 Å². The van der Waals surface area contributed by atoms with Crippen molar-refractivity contribution in [2.45, 2.75) is 20.0 Å². The fourth-order valence-electron chi connectivity index (χ4n) is 1.88. The Hall–Kier alpha value is -1.66.